The lowest BCUT2D eigenvalue weighted by atomic mass is 10.3. The molecule has 0 radical (unpaired) electrons. The van der Waals surface area contributed by atoms with Crippen molar-refractivity contribution in [2.24, 2.45) is 0 Å². The SMILES string of the molecule is OC(O)Cc1ccc(Br)cn1. The minimum Gasteiger partial charge on any atom is -0.368 e. The zero-order valence-electron chi connectivity index (χ0n) is 5.74. The van der Waals surface area contributed by atoms with E-state index in [4.69, 9.17) is 10.2 Å². The predicted octanol–water partition coefficient (Wildman–Crippen LogP) is 0.697. The Morgan fingerprint density at radius 3 is 2.64 bits per heavy atom. The van der Waals surface area contributed by atoms with Crippen LogP contribution in [-0.2, 0) is 6.42 Å². The van der Waals surface area contributed by atoms with Gasteiger partial charge in [0.05, 0.1) is 0 Å². The van der Waals surface area contributed by atoms with Gasteiger partial charge in [-0.2, -0.15) is 0 Å². The number of nitrogens with zero attached hydrogens (tertiary/aromatic N) is 1. The molecule has 0 aliphatic carbocycles. The van der Waals surface area contributed by atoms with Crippen molar-refractivity contribution in [3.05, 3.63) is 28.5 Å². The number of aromatic nitrogens is 1. The summed E-state index contributed by atoms with van der Waals surface area (Å²) in [6.07, 6.45) is 0.481. The molecule has 1 aromatic rings. The maximum absolute atomic E-state index is 8.58. The zero-order valence-corrected chi connectivity index (χ0v) is 7.32. The number of halogens is 1. The molecular formula is C7H8BrNO2. The molecule has 0 fully saturated rings. The molecule has 1 aromatic heterocycles. The van der Waals surface area contributed by atoms with Gasteiger partial charge in [0.25, 0.3) is 0 Å². The van der Waals surface area contributed by atoms with Gasteiger partial charge in [-0.3, -0.25) is 4.98 Å². The van der Waals surface area contributed by atoms with E-state index >= 15 is 0 Å². The van der Waals surface area contributed by atoms with Gasteiger partial charge in [-0.15, -0.1) is 0 Å². The minimum absolute atomic E-state index is 0.174. The van der Waals surface area contributed by atoms with Crippen LogP contribution in [0.5, 0.6) is 0 Å². The molecule has 0 unspecified atom stereocenters. The van der Waals surface area contributed by atoms with E-state index in [0.29, 0.717) is 5.69 Å². The molecule has 0 aromatic carbocycles. The molecule has 11 heavy (non-hydrogen) atoms. The lowest BCUT2D eigenvalue weighted by Gasteiger charge is -2.01. The van der Waals surface area contributed by atoms with Crippen LogP contribution in [0.4, 0.5) is 0 Å². The van der Waals surface area contributed by atoms with E-state index < -0.39 is 6.29 Å². The van der Waals surface area contributed by atoms with Crippen LogP contribution in [0.1, 0.15) is 5.69 Å². The molecule has 0 atom stereocenters. The van der Waals surface area contributed by atoms with E-state index in [-0.39, 0.29) is 6.42 Å². The third-order valence-corrected chi connectivity index (χ3v) is 1.65. The Balaban J connectivity index is 2.66. The molecule has 2 N–H and O–H groups in total. The topological polar surface area (TPSA) is 53.4 Å². The lowest BCUT2D eigenvalue weighted by Crippen LogP contribution is -2.09. The fourth-order valence-corrected chi connectivity index (χ4v) is 0.949. The largest absolute Gasteiger partial charge is 0.368 e. The van der Waals surface area contributed by atoms with Gasteiger partial charge < -0.3 is 10.2 Å². The summed E-state index contributed by atoms with van der Waals surface area (Å²) in [7, 11) is 0. The summed E-state index contributed by atoms with van der Waals surface area (Å²) in [6, 6.07) is 3.55. The highest BCUT2D eigenvalue weighted by molar-refractivity contribution is 9.10. The first kappa shape index (κ1) is 8.64. The normalized spacial score (nSPS) is 10.5. The van der Waals surface area contributed by atoms with Crippen molar-refractivity contribution in [3.8, 4) is 0 Å². The molecule has 0 aliphatic rings. The van der Waals surface area contributed by atoms with Crippen molar-refractivity contribution in [3.63, 3.8) is 0 Å². The average molecular weight is 218 g/mol. The lowest BCUT2D eigenvalue weighted by molar-refractivity contribution is -0.0388. The Morgan fingerprint density at radius 1 is 1.45 bits per heavy atom. The molecule has 0 saturated carbocycles. The Hall–Kier alpha value is -0.450. The van der Waals surface area contributed by atoms with Crippen LogP contribution in [0.25, 0.3) is 0 Å². The van der Waals surface area contributed by atoms with Crippen LogP contribution >= 0.6 is 15.9 Å². The van der Waals surface area contributed by atoms with Gasteiger partial charge in [0, 0.05) is 22.8 Å². The van der Waals surface area contributed by atoms with Crippen molar-refractivity contribution >= 4 is 15.9 Å². The molecule has 1 heterocycles. The number of aliphatic hydroxyl groups is 2. The molecular weight excluding hydrogens is 210 g/mol. The van der Waals surface area contributed by atoms with E-state index in [9.17, 15) is 0 Å². The van der Waals surface area contributed by atoms with E-state index in [2.05, 4.69) is 20.9 Å². The molecule has 60 valence electrons. The summed E-state index contributed by atoms with van der Waals surface area (Å²) >= 11 is 3.22. The number of hydrogen-bond donors (Lipinski definition) is 2. The van der Waals surface area contributed by atoms with Gasteiger partial charge in [-0.05, 0) is 28.1 Å². The minimum atomic E-state index is -1.32. The quantitative estimate of drug-likeness (QED) is 0.718. The number of pyridine rings is 1. The van der Waals surface area contributed by atoms with Crippen molar-refractivity contribution in [1.29, 1.82) is 0 Å². The van der Waals surface area contributed by atoms with Gasteiger partial charge in [-0.25, -0.2) is 0 Å². The smallest absolute Gasteiger partial charge is 0.157 e. The summed E-state index contributed by atoms with van der Waals surface area (Å²) < 4.78 is 0.883. The second-order valence-corrected chi connectivity index (χ2v) is 3.07. The molecule has 0 amide bonds. The van der Waals surface area contributed by atoms with Crippen LogP contribution in [0.3, 0.4) is 0 Å². The molecule has 4 heteroatoms. The van der Waals surface area contributed by atoms with Crippen LogP contribution in [0, 0.1) is 0 Å². The first-order valence-corrected chi connectivity index (χ1v) is 3.94. The van der Waals surface area contributed by atoms with Crippen molar-refractivity contribution in [2.45, 2.75) is 12.7 Å². The Kier molecular flexibility index (Phi) is 2.99. The van der Waals surface area contributed by atoms with E-state index in [1.165, 1.54) is 0 Å². The summed E-state index contributed by atoms with van der Waals surface area (Å²) in [4.78, 5) is 3.95. The first-order valence-electron chi connectivity index (χ1n) is 3.15. The van der Waals surface area contributed by atoms with Gasteiger partial charge in [0.1, 0.15) is 0 Å². The molecule has 0 saturated heterocycles. The van der Waals surface area contributed by atoms with Gasteiger partial charge in [0.15, 0.2) is 6.29 Å². The molecule has 0 bridgehead atoms. The highest BCUT2D eigenvalue weighted by Crippen LogP contribution is 2.07. The van der Waals surface area contributed by atoms with Crippen molar-refractivity contribution in [1.82, 2.24) is 4.98 Å². The second kappa shape index (κ2) is 3.80. The fourth-order valence-electron chi connectivity index (χ4n) is 0.714. The van der Waals surface area contributed by atoms with Crippen LogP contribution < -0.4 is 0 Å². The highest BCUT2D eigenvalue weighted by Gasteiger charge is 2.00. The Labute approximate surface area is 72.8 Å². The van der Waals surface area contributed by atoms with E-state index in [0.717, 1.165) is 4.47 Å². The van der Waals surface area contributed by atoms with Crippen LogP contribution in [-0.4, -0.2) is 21.5 Å². The summed E-state index contributed by atoms with van der Waals surface area (Å²) in [5.74, 6) is 0. The summed E-state index contributed by atoms with van der Waals surface area (Å²) in [6.45, 7) is 0. The van der Waals surface area contributed by atoms with Gasteiger partial charge in [0.2, 0.25) is 0 Å². The average Bonchev–Trinajstić information content (AvgIpc) is 1.93. The van der Waals surface area contributed by atoms with Gasteiger partial charge in [-0.1, -0.05) is 0 Å². The van der Waals surface area contributed by atoms with Crippen molar-refractivity contribution in [2.75, 3.05) is 0 Å². The molecule has 0 aliphatic heterocycles. The fraction of sp³-hybridized carbons (Fsp3) is 0.286. The third-order valence-electron chi connectivity index (χ3n) is 1.18. The van der Waals surface area contributed by atoms with Gasteiger partial charge >= 0.3 is 0 Å². The second-order valence-electron chi connectivity index (χ2n) is 2.15. The third kappa shape index (κ3) is 2.96. The number of hydrogen-bond acceptors (Lipinski definition) is 3. The number of aliphatic hydroxyl groups excluding tert-OH is 1. The van der Waals surface area contributed by atoms with E-state index in [1.54, 1.807) is 12.3 Å². The summed E-state index contributed by atoms with van der Waals surface area (Å²) in [5.41, 5.74) is 0.670. The van der Waals surface area contributed by atoms with Crippen LogP contribution in [0.2, 0.25) is 0 Å². The number of rotatable bonds is 2. The zero-order chi connectivity index (χ0) is 8.27. The van der Waals surface area contributed by atoms with Crippen LogP contribution in [0.15, 0.2) is 22.8 Å². The molecule has 1 rings (SSSR count). The monoisotopic (exact) mass is 217 g/mol. The Bertz CT molecular complexity index is 222. The maximum Gasteiger partial charge on any atom is 0.157 e. The Morgan fingerprint density at radius 2 is 2.18 bits per heavy atom. The summed E-state index contributed by atoms with van der Waals surface area (Å²) in [5, 5.41) is 17.2. The first-order chi connectivity index (χ1) is 5.18. The predicted molar refractivity (Wildman–Crippen MR) is 43.9 cm³/mol. The highest BCUT2D eigenvalue weighted by atomic mass is 79.9. The molecule has 3 nitrogen and oxygen atoms in total. The van der Waals surface area contributed by atoms with E-state index in [1.807, 2.05) is 6.07 Å². The standard InChI is InChI=1S/C7H8BrNO2/c8-5-1-2-6(9-4-5)3-7(10)11/h1-2,4,7,10-11H,3H2. The molecule has 0 spiro atoms. The van der Waals surface area contributed by atoms with Crippen molar-refractivity contribution < 1.29 is 10.2 Å². The maximum atomic E-state index is 8.58.